The van der Waals surface area contributed by atoms with Crippen LogP contribution in [-0.4, -0.2) is 179 Å². The van der Waals surface area contributed by atoms with E-state index >= 15 is 0 Å². The van der Waals surface area contributed by atoms with Gasteiger partial charge in [0.05, 0.1) is 40.9 Å². The van der Waals surface area contributed by atoms with Crippen molar-refractivity contribution in [2.75, 3.05) is 45.2 Å². The van der Waals surface area contributed by atoms with Gasteiger partial charge >= 0.3 is 18.0 Å². The summed E-state index contributed by atoms with van der Waals surface area (Å²) in [6, 6.07) is 27.1. The molecule has 532 valence electrons. The second kappa shape index (κ2) is 29.6. The molecule has 26 nitrogen and oxygen atoms in total. The predicted octanol–water partition coefficient (Wildman–Crippen LogP) is 8.35. The van der Waals surface area contributed by atoms with Gasteiger partial charge in [-0.2, -0.15) is 5.10 Å². The number of carboxylic acids is 2. The van der Waals surface area contributed by atoms with Crippen LogP contribution in [-0.2, 0) is 57.8 Å². The van der Waals surface area contributed by atoms with E-state index in [9.17, 15) is 63.9 Å². The van der Waals surface area contributed by atoms with Crippen molar-refractivity contribution in [3.05, 3.63) is 137 Å². The molecule has 6 aliphatic rings. The minimum atomic E-state index is -1.92. The van der Waals surface area contributed by atoms with E-state index in [4.69, 9.17) is 29.0 Å². The van der Waals surface area contributed by atoms with E-state index in [-0.39, 0.29) is 97.1 Å². The Bertz CT molecular complexity index is 4330. The van der Waals surface area contributed by atoms with Crippen LogP contribution >= 0.6 is 11.3 Å². The van der Waals surface area contributed by atoms with Crippen molar-refractivity contribution >= 4 is 85.0 Å². The number of aliphatic carboxylic acids is 1. The van der Waals surface area contributed by atoms with Crippen LogP contribution in [0.2, 0.25) is 0 Å². The molecule has 27 heteroatoms. The topological polar surface area (TPSA) is 361 Å². The first kappa shape index (κ1) is 71.3. The smallest absolute Gasteiger partial charge is 0.409 e. The summed E-state index contributed by atoms with van der Waals surface area (Å²) in [5.41, 5.74) is 4.51. The number of aromatic nitrogens is 4. The Balaban J connectivity index is 0.657. The van der Waals surface area contributed by atoms with Gasteiger partial charge in [0.25, 0.3) is 17.7 Å². The van der Waals surface area contributed by atoms with Gasteiger partial charge in [-0.3, -0.25) is 38.9 Å². The molecule has 1 saturated heterocycles. The Hall–Kier alpha value is -9.51. The molecule has 5 heterocycles. The number of anilines is 1. The van der Waals surface area contributed by atoms with Crippen LogP contribution in [0, 0.1) is 23.2 Å². The summed E-state index contributed by atoms with van der Waals surface area (Å²) in [7, 11) is 1.63. The highest BCUT2D eigenvalue weighted by Gasteiger charge is 2.66. The molecule has 5 fully saturated rings. The Morgan fingerprint density at radius 2 is 1.53 bits per heavy atom. The lowest BCUT2D eigenvalue weighted by atomic mass is 9.39. The quantitative estimate of drug-likeness (QED) is 0.0161. The number of nitrogens with zero attached hydrogens (tertiary/aromatic N) is 6. The van der Waals surface area contributed by atoms with Crippen LogP contribution in [0.4, 0.5) is 9.93 Å². The highest BCUT2D eigenvalue weighted by molar-refractivity contribution is 7.22. The van der Waals surface area contributed by atoms with E-state index in [0.29, 0.717) is 94.7 Å². The number of carboxylic acid groups (broad SMARTS) is 2. The van der Waals surface area contributed by atoms with Crippen molar-refractivity contribution < 1.29 is 82.8 Å². The SMILES string of the molecule is Cc1c(-c2ccc(-c3ccc4cccc(C(=O)Nc5nc6ccccc6s5)c4c3)nc2C(=O)O)cnn1CC12CC3(C)CC(C)(C1)CC(OCCN(C)C(=O)OCc1ccc(O[C@@H]4O[C@H](C(=O)O)[C@@H](O)[C@H](O)[C@H]4O)cc1CCCCNC(=O)CNC(=O)CCCCCN1C(=O)C=CC1=O)(C3)C2. The van der Waals surface area contributed by atoms with Gasteiger partial charge in [-0.15, -0.1) is 0 Å². The standard InChI is InChI=1S/C74H83N9O17S/c1-43-52(49-23-24-53(78-60(49)66(92)93)46-20-19-44-14-12-15-50(51(44)32-46)65(91)80-69-79-54-16-7-8-17-55(54)101-69)33-77-83(43)42-73-37-71(2)36-72(3,38-73)40-74(39-71,41-73)98-30-29-81(4)70(96)97-35-47-21-22-48(99-68-63(90)61(88)62(89)64(100-68)67(94)95)31-45(47)13-9-10-27-75-57(85)34-76-56(84)18-6-5-11-28-82-58(86)25-26-59(82)87/h7-8,12,14-17,19-26,31-33,61-64,68,88-90H,5-6,9-11,13,18,27-30,34-42H2,1-4H3,(H,75,85)(H,76,84)(H,92,93)(H,94,95)(H,79,80,91)/t61-,62-,63+,64-,68+,71?,72?,73?,74?/m0/s1. The summed E-state index contributed by atoms with van der Waals surface area (Å²) in [6.07, 6.45) is 2.98. The molecule has 8 N–H and O–H groups in total. The number of amides is 6. The van der Waals surface area contributed by atoms with Gasteiger partial charge in [-0.1, -0.05) is 74.1 Å². The number of carbonyl (C=O) groups is 8. The van der Waals surface area contributed by atoms with Gasteiger partial charge in [-0.05, 0) is 164 Å². The molecule has 2 unspecified atom stereocenters. The number of aliphatic hydroxyl groups excluding tert-OH is 3. The number of carbonyl (C=O) groups excluding carboxylic acids is 6. The molecule has 4 aromatic carbocycles. The zero-order chi connectivity index (χ0) is 71.5. The number of aryl methyl sites for hydroxylation is 1. The van der Waals surface area contributed by atoms with Crippen LogP contribution in [0.25, 0.3) is 43.4 Å². The number of likely N-dealkylation sites (N-methyl/N-ethyl adjacent to an activating group) is 1. The molecule has 13 rings (SSSR count). The van der Waals surface area contributed by atoms with Crippen LogP contribution < -0.4 is 20.7 Å². The number of unbranched alkanes of at least 4 members (excludes halogenated alkanes) is 3. The average Bonchev–Trinajstić information content (AvgIpc) is 0.740. The van der Waals surface area contributed by atoms with Crippen LogP contribution in [0.15, 0.2) is 109 Å². The van der Waals surface area contributed by atoms with E-state index in [2.05, 4.69) is 34.8 Å². The van der Waals surface area contributed by atoms with Crippen LogP contribution in [0.1, 0.15) is 129 Å². The number of benzene rings is 4. The normalized spacial score (nSPS) is 24.3. The van der Waals surface area contributed by atoms with Gasteiger partial charge in [0, 0.05) is 79.7 Å². The average molecular weight is 1400 g/mol. The molecule has 7 atom stereocenters. The summed E-state index contributed by atoms with van der Waals surface area (Å²) >= 11 is 1.39. The molecular formula is C74H83N9O17S. The van der Waals surface area contributed by atoms with Gasteiger partial charge in [0.2, 0.25) is 18.1 Å². The third-order valence-corrected chi connectivity index (χ3v) is 21.1. The zero-order valence-electron chi connectivity index (χ0n) is 56.6. The summed E-state index contributed by atoms with van der Waals surface area (Å²) in [5, 5.41) is 67.1. The summed E-state index contributed by atoms with van der Waals surface area (Å²) in [6.45, 7) is 7.81. The Kier molecular flexibility index (Phi) is 20.9. The van der Waals surface area contributed by atoms with Crippen molar-refractivity contribution in [1.29, 1.82) is 0 Å². The molecular weight excluding hydrogens is 1320 g/mol. The first-order chi connectivity index (χ1) is 48.3. The maximum atomic E-state index is 13.8. The number of aliphatic hydroxyl groups is 3. The number of thiazole rings is 1. The summed E-state index contributed by atoms with van der Waals surface area (Å²) in [4.78, 5) is 113. The first-order valence-electron chi connectivity index (χ1n) is 34.0. The molecule has 4 bridgehead atoms. The fourth-order valence-electron chi connectivity index (χ4n) is 16.5. The van der Waals surface area contributed by atoms with Gasteiger partial charge in [-0.25, -0.2) is 24.4 Å². The van der Waals surface area contributed by atoms with Gasteiger partial charge in [0.1, 0.15) is 30.7 Å². The Morgan fingerprint density at radius 1 is 0.762 bits per heavy atom. The molecule has 3 aromatic heterocycles. The van der Waals surface area contributed by atoms with E-state index in [1.807, 2.05) is 66.2 Å². The number of para-hydroxylation sites is 1. The van der Waals surface area contributed by atoms with Gasteiger partial charge < -0.3 is 60.0 Å². The van der Waals surface area contributed by atoms with Crippen molar-refractivity contribution in [2.45, 2.75) is 154 Å². The van der Waals surface area contributed by atoms with Crippen LogP contribution in [0.3, 0.4) is 0 Å². The minimum absolute atomic E-state index is 0.0400. The largest absolute Gasteiger partial charge is 0.479 e. The molecule has 4 saturated carbocycles. The number of imide groups is 1. The van der Waals surface area contributed by atoms with Crippen molar-refractivity contribution in [2.24, 2.45) is 16.2 Å². The van der Waals surface area contributed by atoms with Crippen molar-refractivity contribution in [3.8, 4) is 28.1 Å². The number of hydrogen-bond acceptors (Lipinski definition) is 19. The van der Waals surface area contributed by atoms with E-state index in [0.717, 1.165) is 64.7 Å². The monoisotopic (exact) mass is 1400 g/mol. The third kappa shape index (κ3) is 16.0. The number of ether oxygens (including phenoxy) is 4. The van der Waals surface area contributed by atoms with E-state index < -0.39 is 60.2 Å². The third-order valence-electron chi connectivity index (χ3n) is 20.1. The Morgan fingerprint density at radius 3 is 2.29 bits per heavy atom. The maximum Gasteiger partial charge on any atom is 0.409 e. The second-order valence-electron chi connectivity index (χ2n) is 28.4. The summed E-state index contributed by atoms with van der Waals surface area (Å²) < 4.78 is 27.1. The molecule has 101 heavy (non-hydrogen) atoms. The highest BCUT2D eigenvalue weighted by atomic mass is 32.1. The van der Waals surface area contributed by atoms with Crippen molar-refractivity contribution in [1.82, 2.24) is 40.2 Å². The molecule has 4 aliphatic carbocycles. The van der Waals surface area contributed by atoms with E-state index in [1.165, 1.54) is 34.5 Å². The van der Waals surface area contributed by atoms with Gasteiger partial charge in [0.15, 0.2) is 16.9 Å². The Labute approximate surface area is 586 Å². The van der Waals surface area contributed by atoms with Crippen LogP contribution in [0.5, 0.6) is 5.75 Å². The number of rotatable bonds is 29. The number of pyridine rings is 1. The highest BCUT2D eigenvalue weighted by Crippen LogP contribution is 2.72. The minimum Gasteiger partial charge on any atom is -0.479 e. The predicted molar refractivity (Wildman–Crippen MR) is 370 cm³/mol. The number of fused-ring (bicyclic) bond motifs is 2. The lowest BCUT2D eigenvalue weighted by molar-refractivity contribution is -0.271. The lowest BCUT2D eigenvalue weighted by Gasteiger charge is -2.69. The zero-order valence-corrected chi connectivity index (χ0v) is 57.5. The van der Waals surface area contributed by atoms with E-state index in [1.54, 1.807) is 43.6 Å². The number of hydrogen-bond donors (Lipinski definition) is 8. The molecule has 7 aromatic rings. The fraction of sp³-hybridized carbons (Fsp3) is 0.446. The maximum absolute atomic E-state index is 13.8. The second-order valence-corrected chi connectivity index (χ2v) is 29.4. The summed E-state index contributed by atoms with van der Waals surface area (Å²) in [5.74, 6) is -4.38. The number of nitrogens with one attached hydrogen (secondary N) is 3. The van der Waals surface area contributed by atoms with Crippen molar-refractivity contribution in [3.63, 3.8) is 0 Å². The fourth-order valence-corrected chi connectivity index (χ4v) is 17.4. The molecule has 2 aliphatic heterocycles. The number of aromatic carboxylic acids is 1. The molecule has 0 spiro atoms. The first-order valence-corrected chi connectivity index (χ1v) is 34.9. The molecule has 6 amide bonds. The molecule has 0 radical (unpaired) electrons. The lowest BCUT2D eigenvalue weighted by Crippen LogP contribution is -2.64.